The highest BCUT2D eigenvalue weighted by atomic mass is 32.2. The second-order valence-electron chi connectivity index (χ2n) is 6.60. The van der Waals surface area contributed by atoms with Crippen LogP contribution in [0.2, 0.25) is 0 Å². The van der Waals surface area contributed by atoms with Crippen molar-refractivity contribution in [1.82, 2.24) is 9.88 Å². The first-order chi connectivity index (χ1) is 12.4. The number of rotatable bonds is 5. The Balaban J connectivity index is 1.77. The molecule has 0 bridgehead atoms. The maximum Gasteiger partial charge on any atom is 0.255 e. The molecule has 0 saturated carbocycles. The Kier molecular flexibility index (Phi) is 5.27. The number of aromatic nitrogens is 1. The van der Waals surface area contributed by atoms with Crippen molar-refractivity contribution < 1.29 is 13.2 Å². The molecule has 138 valence electrons. The smallest absolute Gasteiger partial charge is 0.255 e. The van der Waals surface area contributed by atoms with E-state index in [1.54, 1.807) is 17.2 Å². The van der Waals surface area contributed by atoms with Gasteiger partial charge in [0.25, 0.3) is 5.91 Å². The molecular weight excluding hydrogens is 350 g/mol. The molecule has 0 spiro atoms. The van der Waals surface area contributed by atoms with Gasteiger partial charge in [0.15, 0.2) is 9.84 Å². The second kappa shape index (κ2) is 7.45. The largest absolute Gasteiger partial charge is 0.354 e. The Bertz CT molecular complexity index is 895. The molecule has 2 heterocycles. The van der Waals surface area contributed by atoms with Crippen molar-refractivity contribution in [2.75, 3.05) is 23.4 Å². The summed E-state index contributed by atoms with van der Waals surface area (Å²) in [6, 6.07) is 9.43. The van der Waals surface area contributed by atoms with Crippen molar-refractivity contribution in [3.05, 3.63) is 53.9 Å². The van der Waals surface area contributed by atoms with Gasteiger partial charge in [0, 0.05) is 24.5 Å². The maximum atomic E-state index is 12.9. The second-order valence-corrected chi connectivity index (χ2v) is 8.83. The highest BCUT2D eigenvalue weighted by molar-refractivity contribution is 7.91. The first-order valence-electron chi connectivity index (χ1n) is 8.68. The molecule has 3 rings (SSSR count). The Morgan fingerprint density at radius 2 is 1.96 bits per heavy atom. The van der Waals surface area contributed by atoms with Crippen LogP contribution >= 0.6 is 0 Å². The van der Waals surface area contributed by atoms with Crippen molar-refractivity contribution in [1.29, 1.82) is 0 Å². The Morgan fingerprint density at radius 1 is 1.23 bits per heavy atom. The minimum absolute atomic E-state index is 0.0430. The van der Waals surface area contributed by atoms with E-state index in [0.29, 0.717) is 18.5 Å². The molecule has 0 aliphatic carbocycles. The lowest BCUT2D eigenvalue weighted by Gasteiger charge is -2.27. The number of hydrogen-bond donors (Lipinski definition) is 1. The Hall–Kier alpha value is -2.41. The zero-order valence-corrected chi connectivity index (χ0v) is 15.8. The number of amides is 1. The molecule has 1 atom stereocenters. The summed E-state index contributed by atoms with van der Waals surface area (Å²) in [7, 11) is -3.04. The lowest BCUT2D eigenvalue weighted by molar-refractivity contribution is 0.0708. The van der Waals surface area contributed by atoms with E-state index in [9.17, 15) is 13.2 Å². The molecule has 2 aromatic rings. The van der Waals surface area contributed by atoms with Crippen LogP contribution in [-0.2, 0) is 9.84 Å². The fourth-order valence-corrected chi connectivity index (χ4v) is 4.91. The van der Waals surface area contributed by atoms with Gasteiger partial charge in [-0.1, -0.05) is 17.7 Å². The van der Waals surface area contributed by atoms with E-state index in [-0.39, 0.29) is 23.5 Å². The first kappa shape index (κ1) is 18.4. The van der Waals surface area contributed by atoms with Gasteiger partial charge < -0.3 is 10.2 Å². The van der Waals surface area contributed by atoms with E-state index in [4.69, 9.17) is 0 Å². The molecule has 1 aromatic heterocycles. The number of pyridine rings is 1. The van der Waals surface area contributed by atoms with Gasteiger partial charge in [0.05, 0.1) is 29.0 Å². The highest BCUT2D eigenvalue weighted by Crippen LogP contribution is 2.22. The standard InChI is InChI=1S/C19H23N3O3S/c1-3-22(18-8-9-26(24,25)13-18)19(23)15-10-17(12-20-11-15)21-16-6-4-14(2)5-7-16/h4-7,10-12,18,21H,3,8-9,13H2,1-2H3. The van der Waals surface area contributed by atoms with Crippen LogP contribution in [0.3, 0.4) is 0 Å². The van der Waals surface area contributed by atoms with Gasteiger partial charge in [-0.15, -0.1) is 0 Å². The van der Waals surface area contributed by atoms with Crippen LogP contribution in [0.25, 0.3) is 0 Å². The number of benzene rings is 1. The number of anilines is 2. The Morgan fingerprint density at radius 3 is 2.58 bits per heavy atom. The van der Waals surface area contributed by atoms with Crippen molar-refractivity contribution in [2.45, 2.75) is 26.3 Å². The van der Waals surface area contributed by atoms with Gasteiger partial charge in [-0.25, -0.2) is 8.42 Å². The van der Waals surface area contributed by atoms with Gasteiger partial charge >= 0.3 is 0 Å². The van der Waals surface area contributed by atoms with Gasteiger partial charge in [-0.05, 0) is 38.5 Å². The summed E-state index contributed by atoms with van der Waals surface area (Å²) >= 11 is 0. The van der Waals surface area contributed by atoms with Crippen LogP contribution in [0.4, 0.5) is 11.4 Å². The van der Waals surface area contributed by atoms with Crippen LogP contribution in [0, 0.1) is 6.92 Å². The van der Waals surface area contributed by atoms with Crippen molar-refractivity contribution in [2.24, 2.45) is 0 Å². The molecule has 1 fully saturated rings. The zero-order chi connectivity index (χ0) is 18.7. The molecule has 26 heavy (non-hydrogen) atoms. The van der Waals surface area contributed by atoms with Crippen LogP contribution in [0.15, 0.2) is 42.7 Å². The van der Waals surface area contributed by atoms with Crippen molar-refractivity contribution >= 4 is 27.1 Å². The predicted octanol–water partition coefficient (Wildman–Crippen LogP) is 2.78. The number of nitrogens with zero attached hydrogens (tertiary/aromatic N) is 2. The van der Waals surface area contributed by atoms with Crippen LogP contribution in [0.1, 0.15) is 29.3 Å². The summed E-state index contributed by atoms with van der Waals surface area (Å²) in [4.78, 5) is 18.7. The summed E-state index contributed by atoms with van der Waals surface area (Å²) in [6.45, 7) is 4.35. The number of carbonyl (C=O) groups is 1. The molecule has 0 radical (unpaired) electrons. The van der Waals surface area contributed by atoms with E-state index in [1.807, 2.05) is 38.1 Å². The summed E-state index contributed by atoms with van der Waals surface area (Å²) < 4.78 is 23.5. The van der Waals surface area contributed by atoms with Crippen LogP contribution in [-0.4, -0.2) is 48.3 Å². The van der Waals surface area contributed by atoms with Crippen molar-refractivity contribution in [3.8, 4) is 0 Å². The molecule has 1 saturated heterocycles. The molecule has 6 nitrogen and oxygen atoms in total. The quantitative estimate of drug-likeness (QED) is 0.872. The molecule has 1 unspecified atom stereocenters. The summed E-state index contributed by atoms with van der Waals surface area (Å²) in [5.74, 6) is 0.00500. The summed E-state index contributed by atoms with van der Waals surface area (Å²) in [6.07, 6.45) is 3.68. The number of carbonyl (C=O) groups excluding carboxylic acids is 1. The molecule has 1 N–H and O–H groups in total. The van der Waals surface area contributed by atoms with E-state index in [2.05, 4.69) is 10.3 Å². The minimum atomic E-state index is -3.04. The maximum absolute atomic E-state index is 12.9. The van der Waals surface area contributed by atoms with Gasteiger partial charge in [-0.2, -0.15) is 0 Å². The molecule has 1 aromatic carbocycles. The topological polar surface area (TPSA) is 79.4 Å². The van der Waals surface area contributed by atoms with E-state index >= 15 is 0 Å². The third-order valence-corrected chi connectivity index (χ3v) is 6.33. The van der Waals surface area contributed by atoms with Gasteiger partial charge in [0.2, 0.25) is 0 Å². The fourth-order valence-electron chi connectivity index (χ4n) is 3.18. The highest BCUT2D eigenvalue weighted by Gasteiger charge is 2.34. The normalized spacial score (nSPS) is 18.5. The fraction of sp³-hybridized carbons (Fsp3) is 0.368. The average molecular weight is 373 g/mol. The molecular formula is C19H23N3O3S. The first-order valence-corrected chi connectivity index (χ1v) is 10.5. The van der Waals surface area contributed by atoms with Crippen molar-refractivity contribution in [3.63, 3.8) is 0 Å². The SMILES string of the molecule is CCN(C(=O)c1cncc(Nc2ccc(C)cc2)c1)C1CCS(=O)(=O)C1. The molecule has 7 heteroatoms. The third kappa shape index (κ3) is 4.22. The van der Waals surface area contributed by atoms with E-state index < -0.39 is 9.84 Å². The number of sulfone groups is 1. The average Bonchev–Trinajstić information content (AvgIpc) is 2.97. The number of hydrogen-bond acceptors (Lipinski definition) is 5. The van der Waals surface area contributed by atoms with Crippen LogP contribution < -0.4 is 5.32 Å². The molecule has 1 aliphatic heterocycles. The Labute approximate surface area is 154 Å². The van der Waals surface area contributed by atoms with E-state index in [0.717, 1.165) is 11.4 Å². The summed E-state index contributed by atoms with van der Waals surface area (Å²) in [5, 5.41) is 3.24. The van der Waals surface area contributed by atoms with Crippen LogP contribution in [0.5, 0.6) is 0 Å². The third-order valence-electron chi connectivity index (χ3n) is 4.58. The zero-order valence-electron chi connectivity index (χ0n) is 15.0. The molecule has 1 amide bonds. The number of nitrogens with one attached hydrogen (secondary N) is 1. The lowest BCUT2D eigenvalue weighted by atomic mass is 10.1. The number of aryl methyl sites for hydroxylation is 1. The minimum Gasteiger partial charge on any atom is -0.354 e. The van der Waals surface area contributed by atoms with Gasteiger partial charge in [-0.3, -0.25) is 9.78 Å². The van der Waals surface area contributed by atoms with Gasteiger partial charge in [0.1, 0.15) is 0 Å². The lowest BCUT2D eigenvalue weighted by Crippen LogP contribution is -2.41. The monoisotopic (exact) mass is 373 g/mol. The van der Waals surface area contributed by atoms with E-state index in [1.165, 1.54) is 11.8 Å². The molecule has 1 aliphatic rings. The predicted molar refractivity (Wildman–Crippen MR) is 102 cm³/mol. The summed E-state index contributed by atoms with van der Waals surface area (Å²) in [5.41, 5.74) is 3.25.